The van der Waals surface area contributed by atoms with Crippen molar-refractivity contribution in [1.29, 1.82) is 0 Å². The second-order valence-corrected chi connectivity index (χ2v) is 6.68. The summed E-state index contributed by atoms with van der Waals surface area (Å²) in [6, 6.07) is 9.25. The molecule has 0 unspecified atom stereocenters. The zero-order valence-corrected chi connectivity index (χ0v) is 14.2. The van der Waals surface area contributed by atoms with E-state index in [1.54, 1.807) is 0 Å². The summed E-state index contributed by atoms with van der Waals surface area (Å²) in [6.07, 6.45) is 7.55. The lowest BCUT2D eigenvalue weighted by molar-refractivity contribution is 0.121. The van der Waals surface area contributed by atoms with Crippen LogP contribution in [0.4, 0.5) is 5.69 Å². The van der Waals surface area contributed by atoms with Crippen molar-refractivity contribution in [2.75, 3.05) is 37.7 Å². The van der Waals surface area contributed by atoms with Crippen molar-refractivity contribution in [3.05, 3.63) is 48.0 Å². The van der Waals surface area contributed by atoms with Crippen LogP contribution in [0.25, 0.3) is 0 Å². The van der Waals surface area contributed by atoms with Crippen LogP contribution in [0.5, 0.6) is 0 Å². The average molecular weight is 326 g/mol. The fourth-order valence-electron chi connectivity index (χ4n) is 3.93. The van der Waals surface area contributed by atoms with Crippen molar-refractivity contribution in [2.24, 2.45) is 0 Å². The highest BCUT2D eigenvalue weighted by atomic mass is 16.5. The Kier molecular flexibility index (Phi) is 4.81. The first-order chi connectivity index (χ1) is 11.9. The smallest absolute Gasteiger partial charge is 0.123 e. The van der Waals surface area contributed by atoms with Crippen molar-refractivity contribution in [1.82, 2.24) is 14.9 Å². The van der Waals surface area contributed by atoms with Gasteiger partial charge < -0.3 is 14.6 Å². The number of piperidine rings is 1. The molecule has 2 aliphatic rings. The first-order valence-corrected chi connectivity index (χ1v) is 9.06. The zero-order valence-electron chi connectivity index (χ0n) is 14.2. The van der Waals surface area contributed by atoms with Crippen molar-refractivity contribution in [3.63, 3.8) is 0 Å². The third-order valence-corrected chi connectivity index (χ3v) is 5.17. The van der Waals surface area contributed by atoms with Crippen LogP contribution in [0.1, 0.15) is 36.7 Å². The number of imidazole rings is 1. The van der Waals surface area contributed by atoms with E-state index in [0.717, 1.165) is 45.2 Å². The highest BCUT2D eigenvalue weighted by molar-refractivity contribution is 5.54. The van der Waals surface area contributed by atoms with Crippen LogP contribution in [0.3, 0.4) is 0 Å². The number of ether oxygens (including phenoxy) is 1. The standard InChI is InChI=1S/C19H26N4O/c1-2-6-17(22-11-13-24-14-12-22)16(5-1)15-23-10-4-3-7-18(23)19-20-8-9-21-19/h1-2,5-6,8-9,18H,3-4,7,10-15H2,(H,20,21)/t18-/m1/s1. The van der Waals surface area contributed by atoms with Crippen molar-refractivity contribution >= 4 is 5.69 Å². The Hall–Kier alpha value is -1.85. The molecule has 5 heteroatoms. The minimum atomic E-state index is 0.409. The van der Waals surface area contributed by atoms with E-state index in [2.05, 4.69) is 44.0 Å². The molecule has 5 nitrogen and oxygen atoms in total. The van der Waals surface area contributed by atoms with E-state index in [-0.39, 0.29) is 0 Å². The van der Waals surface area contributed by atoms with Gasteiger partial charge in [-0.05, 0) is 31.0 Å². The van der Waals surface area contributed by atoms with Crippen LogP contribution >= 0.6 is 0 Å². The number of H-pyrrole nitrogens is 1. The maximum absolute atomic E-state index is 5.51. The van der Waals surface area contributed by atoms with Crippen molar-refractivity contribution in [3.8, 4) is 0 Å². The third-order valence-electron chi connectivity index (χ3n) is 5.17. The van der Waals surface area contributed by atoms with Gasteiger partial charge in [-0.3, -0.25) is 4.90 Å². The van der Waals surface area contributed by atoms with Gasteiger partial charge in [0.2, 0.25) is 0 Å². The van der Waals surface area contributed by atoms with Gasteiger partial charge in [0, 0.05) is 37.7 Å². The molecule has 1 aromatic carbocycles. The molecule has 3 heterocycles. The lowest BCUT2D eigenvalue weighted by atomic mass is 10.00. The number of aromatic amines is 1. The van der Waals surface area contributed by atoms with Gasteiger partial charge in [-0.2, -0.15) is 0 Å². The molecule has 128 valence electrons. The van der Waals surface area contributed by atoms with Gasteiger partial charge in [-0.1, -0.05) is 24.6 Å². The highest BCUT2D eigenvalue weighted by Crippen LogP contribution is 2.32. The first kappa shape index (κ1) is 15.7. The molecule has 0 amide bonds. The van der Waals surface area contributed by atoms with E-state index in [1.807, 2.05) is 12.4 Å². The van der Waals surface area contributed by atoms with Crippen molar-refractivity contribution in [2.45, 2.75) is 31.8 Å². The Labute approximate surface area is 143 Å². The van der Waals surface area contributed by atoms with Gasteiger partial charge in [-0.25, -0.2) is 4.98 Å². The molecule has 2 fully saturated rings. The van der Waals surface area contributed by atoms with Gasteiger partial charge in [0.15, 0.2) is 0 Å². The Bertz CT molecular complexity index is 637. The molecule has 1 atom stereocenters. The molecule has 1 aromatic heterocycles. The molecular formula is C19H26N4O. The second-order valence-electron chi connectivity index (χ2n) is 6.68. The molecule has 24 heavy (non-hydrogen) atoms. The number of morpholine rings is 1. The van der Waals surface area contributed by atoms with Gasteiger partial charge in [0.05, 0.1) is 19.3 Å². The number of para-hydroxylation sites is 1. The Balaban J connectivity index is 1.55. The molecule has 2 aliphatic heterocycles. The normalized spacial score (nSPS) is 22.7. The predicted octanol–water partition coefficient (Wildman–Crippen LogP) is 2.97. The molecule has 0 radical (unpaired) electrons. The molecule has 2 aromatic rings. The topological polar surface area (TPSA) is 44.4 Å². The summed E-state index contributed by atoms with van der Waals surface area (Å²) >= 11 is 0. The van der Waals surface area contributed by atoms with E-state index in [4.69, 9.17) is 4.74 Å². The largest absolute Gasteiger partial charge is 0.378 e. The Morgan fingerprint density at radius 2 is 2.00 bits per heavy atom. The number of nitrogens with zero attached hydrogens (tertiary/aromatic N) is 3. The number of anilines is 1. The summed E-state index contributed by atoms with van der Waals surface area (Å²) in [5.41, 5.74) is 2.78. The number of rotatable bonds is 4. The number of nitrogens with one attached hydrogen (secondary N) is 1. The second kappa shape index (κ2) is 7.36. The van der Waals surface area contributed by atoms with Crippen molar-refractivity contribution < 1.29 is 4.74 Å². The monoisotopic (exact) mass is 326 g/mol. The van der Waals surface area contributed by atoms with Gasteiger partial charge in [-0.15, -0.1) is 0 Å². The lowest BCUT2D eigenvalue weighted by Gasteiger charge is -2.36. The summed E-state index contributed by atoms with van der Waals surface area (Å²) in [4.78, 5) is 12.9. The zero-order chi connectivity index (χ0) is 16.2. The van der Waals surface area contributed by atoms with E-state index < -0.39 is 0 Å². The van der Waals surface area contributed by atoms with E-state index >= 15 is 0 Å². The quantitative estimate of drug-likeness (QED) is 0.938. The van der Waals surface area contributed by atoms with Crippen LogP contribution < -0.4 is 4.90 Å². The van der Waals surface area contributed by atoms with Crippen LogP contribution in [0.15, 0.2) is 36.7 Å². The first-order valence-electron chi connectivity index (χ1n) is 9.06. The van der Waals surface area contributed by atoms with E-state index in [1.165, 1.54) is 30.5 Å². The summed E-state index contributed by atoms with van der Waals surface area (Å²) in [5, 5.41) is 0. The number of aromatic nitrogens is 2. The highest BCUT2D eigenvalue weighted by Gasteiger charge is 2.27. The molecule has 2 saturated heterocycles. The van der Waals surface area contributed by atoms with Crippen LogP contribution in [-0.2, 0) is 11.3 Å². The minimum Gasteiger partial charge on any atom is -0.378 e. The molecule has 0 bridgehead atoms. The fourth-order valence-corrected chi connectivity index (χ4v) is 3.93. The summed E-state index contributed by atoms with van der Waals surface area (Å²) < 4.78 is 5.51. The molecule has 4 rings (SSSR count). The molecule has 0 aliphatic carbocycles. The number of hydrogen-bond donors (Lipinski definition) is 1. The molecule has 0 saturated carbocycles. The van der Waals surface area contributed by atoms with Gasteiger partial charge in [0.25, 0.3) is 0 Å². The maximum Gasteiger partial charge on any atom is 0.123 e. The fraction of sp³-hybridized carbons (Fsp3) is 0.526. The predicted molar refractivity (Wildman–Crippen MR) is 95.1 cm³/mol. The number of benzene rings is 1. The van der Waals surface area contributed by atoms with Gasteiger partial charge >= 0.3 is 0 Å². The number of hydrogen-bond acceptors (Lipinski definition) is 4. The number of likely N-dealkylation sites (tertiary alicyclic amines) is 1. The van der Waals surface area contributed by atoms with E-state index in [0.29, 0.717) is 6.04 Å². The minimum absolute atomic E-state index is 0.409. The third kappa shape index (κ3) is 3.32. The van der Waals surface area contributed by atoms with Gasteiger partial charge in [0.1, 0.15) is 5.82 Å². The average Bonchev–Trinajstić information content (AvgIpc) is 3.18. The molecular weight excluding hydrogens is 300 g/mol. The van der Waals surface area contributed by atoms with Crippen LogP contribution in [0, 0.1) is 0 Å². The molecule has 0 spiro atoms. The van der Waals surface area contributed by atoms with E-state index in [9.17, 15) is 0 Å². The summed E-state index contributed by atoms with van der Waals surface area (Å²) in [5.74, 6) is 1.11. The van der Waals surface area contributed by atoms with Crippen LogP contribution in [0.2, 0.25) is 0 Å². The lowest BCUT2D eigenvalue weighted by Crippen LogP contribution is -2.38. The Morgan fingerprint density at radius 3 is 2.83 bits per heavy atom. The summed E-state index contributed by atoms with van der Waals surface area (Å²) in [6.45, 7) is 5.75. The van der Waals surface area contributed by atoms with Crippen LogP contribution in [-0.4, -0.2) is 47.7 Å². The summed E-state index contributed by atoms with van der Waals surface area (Å²) in [7, 11) is 0. The SMILES string of the molecule is c1ccc(N2CCOCC2)c(CN2CCCC[C@@H]2c2ncc[nH]2)c1. The Morgan fingerprint density at radius 1 is 1.12 bits per heavy atom. The molecule has 1 N–H and O–H groups in total. The maximum atomic E-state index is 5.51.